The number of fused-ring (bicyclic) bond motifs is 1. The fourth-order valence-corrected chi connectivity index (χ4v) is 2.75. The molecule has 2 heterocycles. The fraction of sp³-hybridized carbons (Fsp3) is 0.0769. The lowest BCUT2D eigenvalue weighted by Crippen LogP contribution is -2.18. The zero-order valence-corrected chi connectivity index (χ0v) is 13.5. The molecule has 2 aromatic heterocycles. The summed E-state index contributed by atoms with van der Waals surface area (Å²) in [4.78, 5) is 16.1. The second kappa shape index (κ2) is 5.09. The summed E-state index contributed by atoms with van der Waals surface area (Å²) in [7, 11) is 0. The minimum Gasteiger partial charge on any atom is -0.300 e. The number of benzene rings is 1. The maximum Gasteiger partial charge on any atom is 0.285 e. The van der Waals surface area contributed by atoms with Crippen LogP contribution in [0.5, 0.6) is 0 Å². The Hall–Kier alpha value is -1.15. The molecule has 0 aliphatic heterocycles. The quantitative estimate of drug-likeness (QED) is 0.587. The molecule has 0 fully saturated rings. The number of hydrogen-bond acceptors (Lipinski definition) is 2. The highest BCUT2D eigenvalue weighted by Crippen LogP contribution is 2.15. The first-order valence-electron chi connectivity index (χ1n) is 5.62. The highest BCUT2D eigenvalue weighted by Gasteiger charge is 2.08. The van der Waals surface area contributed by atoms with Crippen molar-refractivity contribution in [2.24, 2.45) is 0 Å². The summed E-state index contributed by atoms with van der Waals surface area (Å²) in [6, 6.07) is 8.09. The third kappa shape index (κ3) is 2.46. The average Bonchev–Trinajstić information content (AvgIpc) is 2.86. The van der Waals surface area contributed by atoms with Crippen LogP contribution in [0, 0.1) is 0 Å². The van der Waals surface area contributed by atoms with Gasteiger partial charge in [-0.15, -0.1) is 0 Å². The normalized spacial score (nSPS) is 11.1. The van der Waals surface area contributed by atoms with Gasteiger partial charge < -0.3 is 0 Å². The average molecular weight is 430 g/mol. The predicted molar refractivity (Wildman–Crippen MR) is 85.8 cm³/mol. The summed E-state index contributed by atoms with van der Waals surface area (Å²) in [5.41, 5.74) is 2.66. The van der Waals surface area contributed by atoms with Gasteiger partial charge in [0.25, 0.3) is 5.56 Å². The van der Waals surface area contributed by atoms with Crippen LogP contribution in [0.25, 0.3) is 5.52 Å². The summed E-state index contributed by atoms with van der Waals surface area (Å²) in [5.74, 6) is 0. The predicted octanol–water partition coefficient (Wildman–Crippen LogP) is 3.05. The van der Waals surface area contributed by atoms with Crippen LogP contribution in [0.1, 0.15) is 11.3 Å². The molecular formula is C13H9BrIN3O. The lowest BCUT2D eigenvalue weighted by molar-refractivity contribution is 0.967. The number of halogens is 2. The van der Waals surface area contributed by atoms with E-state index in [2.05, 4.69) is 20.9 Å². The smallest absolute Gasteiger partial charge is 0.285 e. The highest BCUT2D eigenvalue weighted by molar-refractivity contribution is 14.1. The lowest BCUT2D eigenvalue weighted by atomic mass is 10.1. The third-order valence-electron chi connectivity index (χ3n) is 2.90. The Morgan fingerprint density at radius 1 is 1.26 bits per heavy atom. The van der Waals surface area contributed by atoms with Crippen molar-refractivity contribution in [3.8, 4) is 0 Å². The van der Waals surface area contributed by atoms with E-state index in [1.165, 1.54) is 0 Å². The van der Waals surface area contributed by atoms with E-state index >= 15 is 0 Å². The van der Waals surface area contributed by atoms with Crippen molar-refractivity contribution in [1.82, 2.24) is 12.2 Å². The first-order valence-corrected chi connectivity index (χ1v) is 7.38. The van der Waals surface area contributed by atoms with Crippen LogP contribution in [-0.4, -0.2) is 12.2 Å². The lowest BCUT2D eigenvalue weighted by Gasteiger charge is -2.07. The van der Waals surface area contributed by atoms with Crippen molar-refractivity contribution in [3.05, 3.63) is 69.1 Å². The van der Waals surface area contributed by atoms with E-state index < -0.39 is 0 Å². The van der Waals surface area contributed by atoms with Gasteiger partial charge in [-0.1, -0.05) is 28.1 Å². The minimum absolute atomic E-state index is 0.0345. The fourth-order valence-electron chi connectivity index (χ4n) is 1.94. The van der Waals surface area contributed by atoms with Crippen LogP contribution >= 0.6 is 38.8 Å². The Bertz CT molecular complexity index is 792. The summed E-state index contributed by atoms with van der Waals surface area (Å²) < 4.78 is 4.47. The Labute approximate surface area is 131 Å². The van der Waals surface area contributed by atoms with Gasteiger partial charge in [-0.25, -0.2) is 7.76 Å². The van der Waals surface area contributed by atoms with Crippen molar-refractivity contribution in [1.29, 1.82) is 0 Å². The Morgan fingerprint density at radius 2 is 2.00 bits per heavy atom. The van der Waals surface area contributed by atoms with Gasteiger partial charge in [-0.2, -0.15) is 0 Å². The van der Waals surface area contributed by atoms with E-state index in [1.54, 1.807) is 19.7 Å². The molecule has 19 heavy (non-hydrogen) atoms. The second-order valence-corrected chi connectivity index (χ2v) is 6.08. The molecule has 0 saturated carbocycles. The van der Waals surface area contributed by atoms with E-state index in [1.807, 2.05) is 53.3 Å². The van der Waals surface area contributed by atoms with E-state index in [9.17, 15) is 4.79 Å². The zero-order valence-electron chi connectivity index (χ0n) is 9.75. The van der Waals surface area contributed by atoms with Crippen LogP contribution in [0.2, 0.25) is 0 Å². The number of hydrogen-bond donors (Lipinski definition) is 0. The molecule has 0 N–H and O–H groups in total. The summed E-state index contributed by atoms with van der Waals surface area (Å²) in [6.45, 7) is 0. The van der Waals surface area contributed by atoms with Crippen LogP contribution in [-0.2, 0) is 6.42 Å². The third-order valence-corrected chi connectivity index (χ3v) is 4.49. The van der Waals surface area contributed by atoms with Crippen molar-refractivity contribution in [3.63, 3.8) is 0 Å². The van der Waals surface area contributed by atoms with Gasteiger partial charge in [0.15, 0.2) is 0 Å². The molecule has 6 heteroatoms. The maximum atomic E-state index is 12.1. The minimum atomic E-state index is -0.0345. The Balaban J connectivity index is 2.07. The largest absolute Gasteiger partial charge is 0.300 e. The summed E-state index contributed by atoms with van der Waals surface area (Å²) >= 11 is 5.45. The number of nitrogens with zero attached hydrogens (tertiary/aromatic N) is 3. The topological polar surface area (TPSA) is 39.3 Å². The van der Waals surface area contributed by atoms with Gasteiger partial charge in [-0.3, -0.25) is 9.20 Å². The van der Waals surface area contributed by atoms with E-state index in [0.29, 0.717) is 11.9 Å². The maximum absolute atomic E-state index is 12.1. The van der Waals surface area contributed by atoms with Crippen LogP contribution < -0.4 is 5.56 Å². The van der Waals surface area contributed by atoms with Crippen molar-refractivity contribution < 1.29 is 0 Å². The Morgan fingerprint density at radius 3 is 2.74 bits per heavy atom. The molecule has 3 aromatic rings. The van der Waals surface area contributed by atoms with Crippen molar-refractivity contribution >= 4 is 44.3 Å². The molecule has 1 aromatic carbocycles. The molecule has 0 spiro atoms. The van der Waals surface area contributed by atoms with Gasteiger partial charge in [0.2, 0.25) is 0 Å². The van der Waals surface area contributed by atoms with E-state index in [0.717, 1.165) is 15.7 Å². The van der Waals surface area contributed by atoms with Crippen LogP contribution in [0.15, 0.2) is 52.3 Å². The van der Waals surface area contributed by atoms with E-state index in [-0.39, 0.29) is 5.56 Å². The number of aromatic nitrogens is 3. The zero-order chi connectivity index (χ0) is 13.4. The van der Waals surface area contributed by atoms with Gasteiger partial charge in [0, 0.05) is 17.1 Å². The van der Waals surface area contributed by atoms with Gasteiger partial charge in [-0.05, 0) is 17.7 Å². The first-order chi connectivity index (χ1) is 9.15. The van der Waals surface area contributed by atoms with Gasteiger partial charge in [0.05, 0.1) is 41.1 Å². The number of imidazole rings is 1. The van der Waals surface area contributed by atoms with Crippen LogP contribution in [0.3, 0.4) is 0 Å². The molecular weight excluding hydrogens is 421 g/mol. The summed E-state index contributed by atoms with van der Waals surface area (Å²) in [6.07, 6.45) is 5.89. The molecule has 0 unspecified atom stereocenters. The van der Waals surface area contributed by atoms with Gasteiger partial charge in [0.1, 0.15) is 5.52 Å². The second-order valence-electron chi connectivity index (χ2n) is 4.20. The molecule has 96 valence electrons. The van der Waals surface area contributed by atoms with Crippen LogP contribution in [0.4, 0.5) is 0 Å². The summed E-state index contributed by atoms with van der Waals surface area (Å²) in [5, 5.41) is 0. The molecule has 0 radical (unpaired) electrons. The standard InChI is InChI=1S/C13H9BrIN3O/c14-10-3-1-9(2-4-10)5-11-7-17-8-16-6-12(17)13(19)18(11)15/h1-4,6-8H,5H2. The van der Waals surface area contributed by atoms with E-state index in [4.69, 9.17) is 0 Å². The molecule has 0 aliphatic rings. The molecule has 4 nitrogen and oxygen atoms in total. The van der Waals surface area contributed by atoms with Crippen molar-refractivity contribution in [2.45, 2.75) is 6.42 Å². The van der Waals surface area contributed by atoms with Gasteiger partial charge >= 0.3 is 0 Å². The number of rotatable bonds is 2. The molecule has 0 amide bonds. The SMILES string of the molecule is O=c1c2cncn2cc(Cc2ccc(Br)cc2)n1I. The Kier molecular flexibility index (Phi) is 3.44. The van der Waals surface area contributed by atoms with Crippen molar-refractivity contribution in [2.75, 3.05) is 0 Å². The highest BCUT2D eigenvalue weighted by atomic mass is 127. The molecule has 0 bridgehead atoms. The first kappa shape index (κ1) is 12.9. The molecule has 0 aliphatic carbocycles. The molecule has 0 saturated heterocycles. The molecule has 0 atom stereocenters. The molecule has 3 rings (SSSR count). The monoisotopic (exact) mass is 429 g/mol.